The Morgan fingerprint density at radius 2 is 1.87 bits per heavy atom. The SMILES string of the molecule is CC(Oc1ccc2c3c(c(=O)oc2c1)CCCC3)C(=O)N1CCCC2(CCOCC2)C1. The van der Waals surface area contributed by atoms with Gasteiger partial charge in [-0.2, -0.15) is 0 Å². The van der Waals surface area contributed by atoms with Gasteiger partial charge >= 0.3 is 5.63 Å². The summed E-state index contributed by atoms with van der Waals surface area (Å²) in [6, 6.07) is 5.61. The zero-order chi connectivity index (χ0) is 21.4. The van der Waals surface area contributed by atoms with Gasteiger partial charge in [0.25, 0.3) is 5.91 Å². The average Bonchev–Trinajstić information content (AvgIpc) is 2.79. The molecule has 6 nitrogen and oxygen atoms in total. The lowest BCUT2D eigenvalue weighted by Gasteiger charge is -2.45. The van der Waals surface area contributed by atoms with E-state index < -0.39 is 6.10 Å². The molecule has 6 heteroatoms. The molecule has 0 bridgehead atoms. The number of carbonyl (C=O) groups excluding carboxylic acids is 1. The standard InChI is InChI=1S/C25H31NO5/c1-17(23(27)26-12-4-9-25(16-26)10-13-29-14-11-25)30-18-7-8-20-19-5-2-3-6-21(19)24(28)31-22(20)15-18/h7-8,15,17H,2-6,9-14,16H2,1H3. The van der Waals surface area contributed by atoms with Gasteiger partial charge in [-0.25, -0.2) is 4.79 Å². The van der Waals surface area contributed by atoms with E-state index in [1.165, 1.54) is 6.42 Å². The van der Waals surface area contributed by atoms with Crippen LogP contribution in [0.1, 0.15) is 56.6 Å². The zero-order valence-corrected chi connectivity index (χ0v) is 18.3. The molecule has 31 heavy (non-hydrogen) atoms. The first kappa shape index (κ1) is 20.6. The number of hydrogen-bond donors (Lipinski definition) is 0. The Labute approximate surface area is 182 Å². The molecule has 2 saturated heterocycles. The number of amides is 1. The van der Waals surface area contributed by atoms with Crippen molar-refractivity contribution >= 4 is 16.9 Å². The first-order chi connectivity index (χ1) is 15.0. The van der Waals surface area contributed by atoms with Crippen molar-refractivity contribution in [2.45, 2.75) is 64.4 Å². The lowest BCUT2D eigenvalue weighted by molar-refractivity contribution is -0.143. The Hall–Kier alpha value is -2.34. The minimum Gasteiger partial charge on any atom is -0.481 e. The van der Waals surface area contributed by atoms with Crippen molar-refractivity contribution in [3.63, 3.8) is 0 Å². The average molecular weight is 426 g/mol. The number of piperidine rings is 1. The monoisotopic (exact) mass is 425 g/mol. The van der Waals surface area contributed by atoms with Crippen LogP contribution in [0, 0.1) is 5.41 Å². The number of nitrogens with zero attached hydrogens (tertiary/aromatic N) is 1. The van der Waals surface area contributed by atoms with E-state index in [-0.39, 0.29) is 16.9 Å². The van der Waals surface area contributed by atoms with Crippen LogP contribution in [-0.4, -0.2) is 43.2 Å². The molecular formula is C25H31NO5. The van der Waals surface area contributed by atoms with Crippen LogP contribution in [-0.2, 0) is 22.4 Å². The maximum absolute atomic E-state index is 13.1. The molecule has 166 valence electrons. The molecule has 1 aliphatic carbocycles. The van der Waals surface area contributed by atoms with E-state index in [1.54, 1.807) is 13.0 Å². The number of aryl methyl sites for hydroxylation is 1. The van der Waals surface area contributed by atoms with Gasteiger partial charge in [0, 0.05) is 43.3 Å². The zero-order valence-electron chi connectivity index (χ0n) is 18.3. The van der Waals surface area contributed by atoms with Crippen LogP contribution in [0.2, 0.25) is 0 Å². The number of rotatable bonds is 3. The number of hydrogen-bond acceptors (Lipinski definition) is 5. The fourth-order valence-corrected chi connectivity index (χ4v) is 5.62. The highest BCUT2D eigenvalue weighted by Gasteiger charge is 2.39. The Kier molecular flexibility index (Phi) is 5.51. The Morgan fingerprint density at radius 1 is 1.10 bits per heavy atom. The topological polar surface area (TPSA) is 69.0 Å². The highest BCUT2D eigenvalue weighted by atomic mass is 16.5. The maximum Gasteiger partial charge on any atom is 0.339 e. The van der Waals surface area contributed by atoms with Crippen LogP contribution in [0.4, 0.5) is 0 Å². The number of ether oxygens (including phenoxy) is 2. The molecule has 1 amide bonds. The second-order valence-corrected chi connectivity index (χ2v) is 9.45. The molecule has 1 atom stereocenters. The van der Waals surface area contributed by atoms with E-state index >= 15 is 0 Å². The van der Waals surface area contributed by atoms with Gasteiger partial charge in [0.15, 0.2) is 6.10 Å². The van der Waals surface area contributed by atoms with Crippen LogP contribution < -0.4 is 10.4 Å². The molecule has 2 fully saturated rings. The Bertz CT molecular complexity index is 1030. The van der Waals surface area contributed by atoms with Crippen LogP contribution in [0.3, 0.4) is 0 Å². The van der Waals surface area contributed by atoms with E-state index in [0.29, 0.717) is 11.3 Å². The Balaban J connectivity index is 1.32. The molecule has 1 aromatic carbocycles. The summed E-state index contributed by atoms with van der Waals surface area (Å²) in [4.78, 5) is 27.5. The predicted octanol–water partition coefficient (Wildman–Crippen LogP) is 3.86. The minimum absolute atomic E-state index is 0.0255. The third-order valence-electron chi connectivity index (χ3n) is 7.38. The minimum atomic E-state index is -0.586. The molecule has 0 N–H and O–H groups in total. The highest BCUT2D eigenvalue weighted by molar-refractivity contribution is 5.84. The summed E-state index contributed by atoms with van der Waals surface area (Å²) < 4.78 is 17.1. The van der Waals surface area contributed by atoms with Gasteiger partial charge < -0.3 is 18.8 Å². The molecule has 3 heterocycles. The first-order valence-electron chi connectivity index (χ1n) is 11.7. The van der Waals surface area contributed by atoms with Gasteiger partial charge in [0.2, 0.25) is 0 Å². The maximum atomic E-state index is 13.1. The van der Waals surface area contributed by atoms with E-state index in [2.05, 4.69) is 0 Å². The van der Waals surface area contributed by atoms with Gasteiger partial charge in [-0.3, -0.25) is 4.79 Å². The molecule has 1 unspecified atom stereocenters. The van der Waals surface area contributed by atoms with Crippen LogP contribution in [0.25, 0.3) is 11.0 Å². The summed E-state index contributed by atoms with van der Waals surface area (Å²) in [6.45, 7) is 4.97. The first-order valence-corrected chi connectivity index (χ1v) is 11.7. The quantitative estimate of drug-likeness (QED) is 0.699. The van der Waals surface area contributed by atoms with Gasteiger partial charge in [-0.15, -0.1) is 0 Å². The van der Waals surface area contributed by atoms with E-state index in [0.717, 1.165) is 87.8 Å². The van der Waals surface area contributed by atoms with Gasteiger partial charge in [0.1, 0.15) is 11.3 Å². The second-order valence-electron chi connectivity index (χ2n) is 9.45. The fraction of sp³-hybridized carbons (Fsp3) is 0.600. The van der Waals surface area contributed by atoms with Gasteiger partial charge in [-0.05, 0) is 81.4 Å². The van der Waals surface area contributed by atoms with Gasteiger partial charge in [-0.1, -0.05) is 0 Å². The molecule has 0 saturated carbocycles. The predicted molar refractivity (Wildman–Crippen MR) is 118 cm³/mol. The smallest absolute Gasteiger partial charge is 0.339 e. The third-order valence-corrected chi connectivity index (χ3v) is 7.38. The van der Waals surface area contributed by atoms with Crippen molar-refractivity contribution in [1.29, 1.82) is 0 Å². The molecule has 3 aliphatic rings. The van der Waals surface area contributed by atoms with Crippen molar-refractivity contribution < 1.29 is 18.7 Å². The molecule has 1 spiro atoms. The lowest BCUT2D eigenvalue weighted by atomic mass is 9.74. The number of carbonyl (C=O) groups is 1. The van der Waals surface area contributed by atoms with Crippen molar-refractivity contribution in [3.8, 4) is 5.75 Å². The van der Waals surface area contributed by atoms with Crippen molar-refractivity contribution in [1.82, 2.24) is 4.90 Å². The van der Waals surface area contributed by atoms with Crippen LogP contribution in [0.15, 0.2) is 27.4 Å². The molecule has 5 rings (SSSR count). The summed E-state index contributed by atoms with van der Waals surface area (Å²) in [5.74, 6) is 0.586. The van der Waals surface area contributed by atoms with Crippen molar-refractivity contribution in [2.24, 2.45) is 5.41 Å². The molecule has 2 aromatic rings. The molecule has 2 aliphatic heterocycles. The van der Waals surface area contributed by atoms with Crippen molar-refractivity contribution in [3.05, 3.63) is 39.7 Å². The Morgan fingerprint density at radius 3 is 2.68 bits per heavy atom. The van der Waals surface area contributed by atoms with Crippen LogP contribution >= 0.6 is 0 Å². The van der Waals surface area contributed by atoms with Crippen molar-refractivity contribution in [2.75, 3.05) is 26.3 Å². The largest absolute Gasteiger partial charge is 0.481 e. The molecular weight excluding hydrogens is 394 g/mol. The number of likely N-dealkylation sites (tertiary alicyclic amines) is 1. The normalized spacial score (nSPS) is 21.6. The summed E-state index contributed by atoms with van der Waals surface area (Å²) in [5, 5.41) is 0.984. The summed E-state index contributed by atoms with van der Waals surface area (Å²) in [6.07, 6.45) is 7.51. The third kappa shape index (κ3) is 3.98. The summed E-state index contributed by atoms with van der Waals surface area (Å²) in [5.41, 5.74) is 2.45. The number of fused-ring (bicyclic) bond motifs is 3. The van der Waals surface area contributed by atoms with Gasteiger partial charge in [0.05, 0.1) is 0 Å². The second kappa shape index (κ2) is 8.30. The van der Waals surface area contributed by atoms with E-state index in [9.17, 15) is 9.59 Å². The lowest BCUT2D eigenvalue weighted by Crippen LogP contribution is -2.51. The molecule has 1 aromatic heterocycles. The fourth-order valence-electron chi connectivity index (χ4n) is 5.62. The highest BCUT2D eigenvalue weighted by Crippen LogP contribution is 2.39. The van der Waals surface area contributed by atoms with E-state index in [1.807, 2.05) is 17.0 Å². The number of benzene rings is 1. The van der Waals surface area contributed by atoms with Crippen LogP contribution in [0.5, 0.6) is 5.75 Å². The van der Waals surface area contributed by atoms with E-state index in [4.69, 9.17) is 13.9 Å². The molecule has 0 radical (unpaired) electrons. The summed E-state index contributed by atoms with van der Waals surface area (Å²) >= 11 is 0. The summed E-state index contributed by atoms with van der Waals surface area (Å²) in [7, 11) is 0.